The van der Waals surface area contributed by atoms with Crippen molar-refractivity contribution in [3.8, 4) is 0 Å². The first-order valence-corrected chi connectivity index (χ1v) is 7.77. The van der Waals surface area contributed by atoms with Gasteiger partial charge in [0.25, 0.3) is 0 Å². The van der Waals surface area contributed by atoms with Crippen LogP contribution < -0.4 is 0 Å². The van der Waals surface area contributed by atoms with Gasteiger partial charge in [-0.15, -0.1) is 0 Å². The molecule has 0 aliphatic carbocycles. The normalized spacial score (nSPS) is 15.6. The van der Waals surface area contributed by atoms with E-state index in [0.29, 0.717) is 19.6 Å². The fourth-order valence-corrected chi connectivity index (χ4v) is 2.51. The van der Waals surface area contributed by atoms with E-state index in [9.17, 15) is 9.59 Å². The Morgan fingerprint density at radius 2 is 1.82 bits per heavy atom. The minimum Gasteiger partial charge on any atom is -0.337 e. The number of piperazine rings is 1. The molecule has 6 nitrogen and oxygen atoms in total. The van der Waals surface area contributed by atoms with Crippen molar-refractivity contribution >= 4 is 11.8 Å². The third-order valence-electron chi connectivity index (χ3n) is 4.12. The standard InChI is InChI=1S/C16H24N4O2/c1-3-19-10-12-20(13-11-19)16(22)15(21)18(2)9-6-14-4-7-17-8-5-14/h4-5,7-8H,3,6,9-13H2,1-2H3. The van der Waals surface area contributed by atoms with E-state index in [-0.39, 0.29) is 5.91 Å². The summed E-state index contributed by atoms with van der Waals surface area (Å²) < 4.78 is 0. The van der Waals surface area contributed by atoms with E-state index >= 15 is 0 Å². The largest absolute Gasteiger partial charge is 0.337 e. The molecule has 2 heterocycles. The predicted molar refractivity (Wildman–Crippen MR) is 84.3 cm³/mol. The van der Waals surface area contributed by atoms with Gasteiger partial charge in [-0.2, -0.15) is 0 Å². The summed E-state index contributed by atoms with van der Waals surface area (Å²) in [4.78, 5) is 33.9. The van der Waals surface area contributed by atoms with Gasteiger partial charge in [-0.1, -0.05) is 6.92 Å². The zero-order valence-electron chi connectivity index (χ0n) is 13.4. The van der Waals surface area contributed by atoms with E-state index in [1.165, 1.54) is 4.90 Å². The molecule has 1 aliphatic rings. The Hall–Kier alpha value is -1.95. The number of hydrogen-bond acceptors (Lipinski definition) is 4. The van der Waals surface area contributed by atoms with Crippen LogP contribution in [0.1, 0.15) is 12.5 Å². The van der Waals surface area contributed by atoms with Crippen LogP contribution in [0.5, 0.6) is 0 Å². The number of rotatable bonds is 4. The van der Waals surface area contributed by atoms with E-state index < -0.39 is 5.91 Å². The van der Waals surface area contributed by atoms with E-state index in [2.05, 4.69) is 16.8 Å². The van der Waals surface area contributed by atoms with Crippen molar-refractivity contribution in [2.45, 2.75) is 13.3 Å². The number of nitrogens with zero attached hydrogens (tertiary/aromatic N) is 4. The van der Waals surface area contributed by atoms with Gasteiger partial charge in [0.15, 0.2) is 0 Å². The van der Waals surface area contributed by atoms with Gasteiger partial charge in [-0.05, 0) is 30.7 Å². The summed E-state index contributed by atoms with van der Waals surface area (Å²) in [7, 11) is 1.68. The molecule has 0 bridgehead atoms. The second-order valence-corrected chi connectivity index (χ2v) is 5.56. The molecule has 1 fully saturated rings. The lowest BCUT2D eigenvalue weighted by atomic mass is 10.2. The van der Waals surface area contributed by atoms with Crippen LogP contribution >= 0.6 is 0 Å². The van der Waals surface area contributed by atoms with Gasteiger partial charge in [-0.3, -0.25) is 14.6 Å². The van der Waals surface area contributed by atoms with Crippen LogP contribution in [0, 0.1) is 0 Å². The molecular formula is C16H24N4O2. The van der Waals surface area contributed by atoms with Crippen molar-refractivity contribution in [3.63, 3.8) is 0 Å². The van der Waals surface area contributed by atoms with Gasteiger partial charge in [-0.25, -0.2) is 0 Å². The highest BCUT2D eigenvalue weighted by atomic mass is 16.2. The molecule has 0 saturated carbocycles. The molecule has 2 amide bonds. The van der Waals surface area contributed by atoms with Gasteiger partial charge in [0.2, 0.25) is 0 Å². The maximum Gasteiger partial charge on any atom is 0.312 e. The van der Waals surface area contributed by atoms with Gasteiger partial charge in [0.1, 0.15) is 0 Å². The monoisotopic (exact) mass is 304 g/mol. The van der Waals surface area contributed by atoms with Gasteiger partial charge in [0, 0.05) is 52.2 Å². The van der Waals surface area contributed by atoms with Gasteiger partial charge in [0.05, 0.1) is 0 Å². The van der Waals surface area contributed by atoms with E-state index in [1.54, 1.807) is 24.3 Å². The molecule has 1 aromatic heterocycles. The third-order valence-corrected chi connectivity index (χ3v) is 4.12. The Morgan fingerprint density at radius 1 is 1.18 bits per heavy atom. The Kier molecular flexibility index (Phi) is 5.89. The minimum absolute atomic E-state index is 0.381. The Balaban J connectivity index is 1.81. The van der Waals surface area contributed by atoms with Crippen LogP contribution in [0.3, 0.4) is 0 Å². The van der Waals surface area contributed by atoms with Crippen molar-refractivity contribution < 1.29 is 9.59 Å². The topological polar surface area (TPSA) is 56.8 Å². The van der Waals surface area contributed by atoms with Gasteiger partial charge < -0.3 is 14.7 Å². The molecular weight excluding hydrogens is 280 g/mol. The highest BCUT2D eigenvalue weighted by Gasteiger charge is 2.27. The van der Waals surface area contributed by atoms with Crippen LogP contribution in [0.2, 0.25) is 0 Å². The van der Waals surface area contributed by atoms with Crippen molar-refractivity contribution in [2.24, 2.45) is 0 Å². The van der Waals surface area contributed by atoms with Crippen LogP contribution in [0.4, 0.5) is 0 Å². The Labute approximate surface area is 131 Å². The number of aromatic nitrogens is 1. The van der Waals surface area contributed by atoms with Crippen molar-refractivity contribution in [3.05, 3.63) is 30.1 Å². The Morgan fingerprint density at radius 3 is 2.41 bits per heavy atom. The summed E-state index contributed by atoms with van der Waals surface area (Å²) in [5.74, 6) is -0.799. The summed E-state index contributed by atoms with van der Waals surface area (Å²) in [6.07, 6.45) is 4.19. The lowest BCUT2D eigenvalue weighted by Gasteiger charge is -2.34. The average Bonchev–Trinajstić information content (AvgIpc) is 2.59. The molecule has 6 heteroatoms. The summed E-state index contributed by atoms with van der Waals surface area (Å²) in [5, 5.41) is 0. The quantitative estimate of drug-likeness (QED) is 0.748. The van der Waals surface area contributed by atoms with Crippen molar-refractivity contribution in [1.82, 2.24) is 19.7 Å². The zero-order valence-corrected chi connectivity index (χ0v) is 13.4. The van der Waals surface area contributed by atoms with Crippen LogP contribution in [0.25, 0.3) is 0 Å². The predicted octanol–water partition coefficient (Wildman–Crippen LogP) is 0.247. The number of amides is 2. The smallest absolute Gasteiger partial charge is 0.312 e. The van der Waals surface area contributed by atoms with Crippen LogP contribution in [-0.2, 0) is 16.0 Å². The Bertz CT molecular complexity index is 498. The third kappa shape index (κ3) is 4.27. The first-order valence-electron chi connectivity index (χ1n) is 7.77. The first-order chi connectivity index (χ1) is 10.6. The maximum atomic E-state index is 12.3. The van der Waals surface area contributed by atoms with E-state index in [4.69, 9.17) is 0 Å². The molecule has 0 spiro atoms. The van der Waals surface area contributed by atoms with E-state index in [0.717, 1.165) is 31.6 Å². The molecule has 2 rings (SSSR count). The number of carbonyl (C=O) groups is 2. The molecule has 1 aromatic rings. The average molecular weight is 304 g/mol. The molecule has 1 aliphatic heterocycles. The lowest BCUT2D eigenvalue weighted by Crippen LogP contribution is -2.52. The molecule has 22 heavy (non-hydrogen) atoms. The number of likely N-dealkylation sites (N-methyl/N-ethyl adjacent to an activating group) is 2. The first kappa shape index (κ1) is 16.4. The molecule has 1 saturated heterocycles. The molecule has 0 unspecified atom stereocenters. The number of carbonyl (C=O) groups excluding carboxylic acids is 2. The zero-order chi connectivity index (χ0) is 15.9. The summed E-state index contributed by atoms with van der Waals surface area (Å²) in [6, 6.07) is 3.84. The summed E-state index contributed by atoms with van der Waals surface area (Å²) in [5.41, 5.74) is 1.11. The molecule has 0 atom stereocenters. The summed E-state index contributed by atoms with van der Waals surface area (Å²) in [6.45, 7) is 6.58. The van der Waals surface area contributed by atoms with E-state index in [1.807, 2.05) is 12.1 Å². The molecule has 120 valence electrons. The van der Waals surface area contributed by atoms with Gasteiger partial charge >= 0.3 is 11.8 Å². The fraction of sp³-hybridized carbons (Fsp3) is 0.562. The lowest BCUT2D eigenvalue weighted by molar-refractivity contribution is -0.152. The number of hydrogen-bond donors (Lipinski definition) is 0. The highest BCUT2D eigenvalue weighted by molar-refractivity contribution is 6.34. The second-order valence-electron chi connectivity index (χ2n) is 5.56. The van der Waals surface area contributed by atoms with Crippen LogP contribution in [-0.4, -0.2) is 77.8 Å². The maximum absolute atomic E-state index is 12.3. The molecule has 0 N–H and O–H groups in total. The SMILES string of the molecule is CCN1CCN(C(=O)C(=O)N(C)CCc2ccncc2)CC1. The molecule has 0 aromatic carbocycles. The minimum atomic E-state index is -0.418. The van der Waals surface area contributed by atoms with Crippen molar-refractivity contribution in [1.29, 1.82) is 0 Å². The highest BCUT2D eigenvalue weighted by Crippen LogP contribution is 2.04. The van der Waals surface area contributed by atoms with Crippen molar-refractivity contribution in [2.75, 3.05) is 46.3 Å². The number of pyridine rings is 1. The second kappa shape index (κ2) is 7.89. The fourth-order valence-electron chi connectivity index (χ4n) is 2.51. The van der Waals surface area contributed by atoms with Crippen LogP contribution in [0.15, 0.2) is 24.5 Å². The molecule has 0 radical (unpaired) electrons. The summed E-state index contributed by atoms with van der Waals surface area (Å²) >= 11 is 0.